The van der Waals surface area contributed by atoms with Gasteiger partial charge in [0.15, 0.2) is 0 Å². The molecule has 26 heavy (non-hydrogen) atoms. The molecule has 0 amide bonds. The molecule has 0 radical (unpaired) electrons. The summed E-state index contributed by atoms with van der Waals surface area (Å²) in [7, 11) is 0. The highest BCUT2D eigenvalue weighted by atomic mass is 32.1. The van der Waals surface area contributed by atoms with Crippen LogP contribution in [0.3, 0.4) is 0 Å². The summed E-state index contributed by atoms with van der Waals surface area (Å²) in [5.74, 6) is 0.680. The Morgan fingerprint density at radius 2 is 2.04 bits per heavy atom. The Kier molecular flexibility index (Phi) is 4.46. The highest BCUT2D eigenvalue weighted by Crippen LogP contribution is 2.44. The van der Waals surface area contributed by atoms with Crippen molar-refractivity contribution >= 4 is 44.0 Å². The van der Waals surface area contributed by atoms with Crippen molar-refractivity contribution in [2.24, 2.45) is 16.3 Å². The zero-order chi connectivity index (χ0) is 18.3. The van der Waals surface area contributed by atoms with E-state index in [2.05, 4.69) is 57.2 Å². The Morgan fingerprint density at radius 1 is 1.23 bits per heavy atom. The van der Waals surface area contributed by atoms with Gasteiger partial charge in [0.2, 0.25) is 0 Å². The van der Waals surface area contributed by atoms with Crippen LogP contribution in [0.5, 0.6) is 0 Å². The first kappa shape index (κ1) is 17.5. The lowest BCUT2D eigenvalue weighted by atomic mass is 9.72. The van der Waals surface area contributed by atoms with Crippen molar-refractivity contribution in [1.29, 1.82) is 5.26 Å². The lowest BCUT2D eigenvalue weighted by Gasteiger charge is -2.33. The first-order valence-electron chi connectivity index (χ1n) is 9.03. The fourth-order valence-corrected chi connectivity index (χ4v) is 5.86. The first-order chi connectivity index (χ1) is 12.5. The highest BCUT2D eigenvalue weighted by Gasteiger charge is 2.32. The van der Waals surface area contributed by atoms with Crippen LogP contribution in [0.4, 0.5) is 5.00 Å². The largest absolute Gasteiger partial charge is 0.243 e. The van der Waals surface area contributed by atoms with E-state index in [-0.39, 0.29) is 0 Å². The van der Waals surface area contributed by atoms with Crippen molar-refractivity contribution in [3.05, 3.63) is 51.2 Å². The number of fused-ring (bicyclic) bond motifs is 2. The lowest BCUT2D eigenvalue weighted by molar-refractivity contribution is 0.218. The summed E-state index contributed by atoms with van der Waals surface area (Å²) in [6, 6.07) is 13.0. The van der Waals surface area contributed by atoms with E-state index in [0.29, 0.717) is 11.3 Å². The maximum Gasteiger partial charge on any atom is 0.134 e. The average Bonchev–Trinajstić information content (AvgIpc) is 3.18. The summed E-state index contributed by atoms with van der Waals surface area (Å²) in [5.41, 5.74) is 2.37. The molecule has 0 bridgehead atoms. The fraction of sp³-hybridized carbons (Fsp3) is 0.364. The number of hydrogen-bond acceptors (Lipinski definition) is 4. The molecule has 1 aliphatic carbocycles. The van der Waals surface area contributed by atoms with Crippen molar-refractivity contribution in [2.45, 2.75) is 40.0 Å². The summed E-state index contributed by atoms with van der Waals surface area (Å²) >= 11 is 3.46. The standard InChI is InChI=1S/C22H22N2S2/c1-22(2,3)15-8-9-17-18(12-23)21(26-20(17)11-15)24-13-16-10-14-6-4-5-7-19(14)25-16/h4-7,10,13,15H,8-9,11H2,1-3H3/t15-/m0/s1. The molecule has 1 atom stereocenters. The van der Waals surface area contributed by atoms with Crippen LogP contribution < -0.4 is 0 Å². The molecule has 0 N–H and O–H groups in total. The van der Waals surface area contributed by atoms with Crippen LogP contribution in [-0.2, 0) is 12.8 Å². The summed E-state index contributed by atoms with van der Waals surface area (Å²) < 4.78 is 1.27. The molecule has 4 heteroatoms. The van der Waals surface area contributed by atoms with Crippen molar-refractivity contribution < 1.29 is 0 Å². The molecular weight excluding hydrogens is 356 g/mol. The average molecular weight is 379 g/mol. The van der Waals surface area contributed by atoms with Gasteiger partial charge in [0, 0.05) is 20.7 Å². The zero-order valence-electron chi connectivity index (χ0n) is 15.4. The van der Waals surface area contributed by atoms with Crippen LogP contribution in [0.1, 0.15) is 48.1 Å². The minimum Gasteiger partial charge on any atom is -0.243 e. The summed E-state index contributed by atoms with van der Waals surface area (Å²) in [5, 5.41) is 11.8. The van der Waals surface area contributed by atoms with E-state index in [0.717, 1.165) is 28.3 Å². The molecule has 0 spiro atoms. The molecule has 0 saturated carbocycles. The van der Waals surface area contributed by atoms with E-state index in [9.17, 15) is 5.26 Å². The van der Waals surface area contributed by atoms with E-state index in [1.807, 2.05) is 6.21 Å². The van der Waals surface area contributed by atoms with Crippen molar-refractivity contribution in [3.8, 4) is 6.07 Å². The number of nitrogens with zero attached hydrogens (tertiary/aromatic N) is 2. The van der Waals surface area contributed by atoms with Crippen molar-refractivity contribution in [3.63, 3.8) is 0 Å². The second kappa shape index (κ2) is 6.64. The molecule has 132 valence electrons. The number of aliphatic imine (C=N–C) groups is 1. The molecule has 0 fully saturated rings. The minimum atomic E-state index is 0.314. The van der Waals surface area contributed by atoms with E-state index in [4.69, 9.17) is 4.99 Å². The summed E-state index contributed by atoms with van der Waals surface area (Å²) in [6.45, 7) is 6.96. The van der Waals surface area contributed by atoms with Crippen LogP contribution in [-0.4, -0.2) is 6.21 Å². The van der Waals surface area contributed by atoms with Gasteiger partial charge >= 0.3 is 0 Å². The van der Waals surface area contributed by atoms with Gasteiger partial charge < -0.3 is 0 Å². The Bertz CT molecular complexity index is 992. The van der Waals surface area contributed by atoms with E-state index >= 15 is 0 Å². The maximum atomic E-state index is 9.69. The van der Waals surface area contributed by atoms with E-state index in [1.165, 1.54) is 26.9 Å². The number of rotatable bonds is 2. The van der Waals surface area contributed by atoms with Gasteiger partial charge in [-0.1, -0.05) is 39.0 Å². The molecule has 3 aromatic rings. The van der Waals surface area contributed by atoms with E-state index in [1.54, 1.807) is 22.7 Å². The van der Waals surface area contributed by atoms with Gasteiger partial charge in [0.25, 0.3) is 0 Å². The van der Waals surface area contributed by atoms with Crippen LogP contribution >= 0.6 is 22.7 Å². The maximum absolute atomic E-state index is 9.69. The van der Waals surface area contributed by atoms with Crippen molar-refractivity contribution in [1.82, 2.24) is 0 Å². The van der Waals surface area contributed by atoms with Crippen molar-refractivity contribution in [2.75, 3.05) is 0 Å². The van der Waals surface area contributed by atoms with Crippen LogP contribution in [0, 0.1) is 22.7 Å². The molecule has 1 aromatic carbocycles. The molecule has 2 heterocycles. The minimum absolute atomic E-state index is 0.314. The highest BCUT2D eigenvalue weighted by molar-refractivity contribution is 7.20. The Balaban J connectivity index is 1.65. The fourth-order valence-electron chi connectivity index (χ4n) is 3.71. The number of benzene rings is 1. The number of hydrogen-bond donors (Lipinski definition) is 0. The smallest absolute Gasteiger partial charge is 0.134 e. The van der Waals surface area contributed by atoms with Crippen LogP contribution in [0.15, 0.2) is 35.3 Å². The predicted octanol–water partition coefficient (Wildman–Crippen LogP) is 6.74. The zero-order valence-corrected chi connectivity index (χ0v) is 17.0. The van der Waals surface area contributed by atoms with Gasteiger partial charge in [-0.05, 0) is 53.7 Å². The number of thiophene rings is 2. The Labute approximate surface area is 162 Å². The van der Waals surface area contributed by atoms with Crippen LogP contribution in [0.2, 0.25) is 0 Å². The molecule has 0 saturated heterocycles. The predicted molar refractivity (Wildman–Crippen MR) is 113 cm³/mol. The number of nitriles is 1. The molecule has 1 aliphatic rings. The summed E-state index contributed by atoms with van der Waals surface area (Å²) in [6.07, 6.45) is 5.18. The molecule has 2 nitrogen and oxygen atoms in total. The Morgan fingerprint density at radius 3 is 2.77 bits per heavy atom. The van der Waals surface area contributed by atoms with Crippen LogP contribution in [0.25, 0.3) is 10.1 Å². The second-order valence-corrected chi connectivity index (χ2v) is 10.2. The van der Waals surface area contributed by atoms with Gasteiger partial charge in [0.1, 0.15) is 11.1 Å². The van der Waals surface area contributed by atoms with Gasteiger partial charge in [0.05, 0.1) is 5.56 Å². The molecule has 0 unspecified atom stereocenters. The molecule has 2 aromatic heterocycles. The van der Waals surface area contributed by atoms with Gasteiger partial charge in [-0.25, -0.2) is 4.99 Å². The third-order valence-electron chi connectivity index (χ3n) is 5.34. The Hall–Kier alpha value is -1.96. The van der Waals surface area contributed by atoms with Gasteiger partial charge in [-0.2, -0.15) is 5.26 Å². The van der Waals surface area contributed by atoms with E-state index < -0.39 is 0 Å². The summed E-state index contributed by atoms with van der Waals surface area (Å²) in [4.78, 5) is 7.22. The monoisotopic (exact) mass is 378 g/mol. The van der Waals surface area contributed by atoms with Gasteiger partial charge in [-0.3, -0.25) is 0 Å². The second-order valence-electron chi connectivity index (χ2n) is 8.05. The normalized spacial score (nSPS) is 17.5. The van der Waals surface area contributed by atoms with Gasteiger partial charge in [-0.15, -0.1) is 22.7 Å². The SMILES string of the molecule is CC(C)(C)[C@H]1CCc2c(sc(N=Cc3cc4ccccc4s3)c2C#N)C1. The lowest BCUT2D eigenvalue weighted by Crippen LogP contribution is -2.26. The molecule has 4 rings (SSSR count). The first-order valence-corrected chi connectivity index (χ1v) is 10.7. The topological polar surface area (TPSA) is 36.1 Å². The molecular formula is C22H22N2S2. The third-order valence-corrected chi connectivity index (χ3v) is 7.55. The molecule has 0 aliphatic heterocycles. The third kappa shape index (κ3) is 3.22. The quantitative estimate of drug-likeness (QED) is 0.455.